The van der Waals surface area contributed by atoms with Gasteiger partial charge in [-0.1, -0.05) is 18.6 Å². The van der Waals surface area contributed by atoms with Crippen molar-refractivity contribution >= 4 is 17.3 Å². The standard InChI is InChI=1S/C19H23F2N5O3/c1-13-18(26(28)29)17(19(20)21)23-25(13)12-16(27)22-15-7-5-14(6-8-15)11-24-9-3-2-4-10-24/h5-8,19H,2-4,9-12H2,1H3,(H,22,27). The van der Waals surface area contributed by atoms with Gasteiger partial charge in [0.2, 0.25) is 11.6 Å². The van der Waals surface area contributed by atoms with E-state index in [1.54, 1.807) is 12.1 Å². The lowest BCUT2D eigenvalue weighted by Gasteiger charge is -2.26. The normalized spacial score (nSPS) is 14.9. The van der Waals surface area contributed by atoms with Crippen LogP contribution >= 0.6 is 0 Å². The number of nitrogens with zero attached hydrogens (tertiary/aromatic N) is 4. The fourth-order valence-electron chi connectivity index (χ4n) is 3.49. The second-order valence-electron chi connectivity index (χ2n) is 7.12. The van der Waals surface area contributed by atoms with E-state index >= 15 is 0 Å². The van der Waals surface area contributed by atoms with Crippen molar-refractivity contribution in [2.24, 2.45) is 0 Å². The van der Waals surface area contributed by atoms with Crippen LogP contribution in [0.4, 0.5) is 20.2 Å². The molecule has 10 heteroatoms. The summed E-state index contributed by atoms with van der Waals surface area (Å²) in [6, 6.07) is 7.42. The number of amides is 1. The smallest absolute Gasteiger partial charge is 0.319 e. The van der Waals surface area contributed by atoms with Crippen molar-refractivity contribution in [1.29, 1.82) is 0 Å². The maximum absolute atomic E-state index is 13.0. The van der Waals surface area contributed by atoms with E-state index in [9.17, 15) is 23.7 Å². The Bertz CT molecular complexity index is 877. The molecule has 1 aromatic carbocycles. The second kappa shape index (κ2) is 9.08. The molecule has 1 aliphatic rings. The fourth-order valence-corrected chi connectivity index (χ4v) is 3.49. The van der Waals surface area contributed by atoms with Crippen LogP contribution in [0.1, 0.15) is 42.6 Å². The molecule has 3 rings (SSSR count). The molecular formula is C19H23F2N5O3. The molecule has 0 unspecified atom stereocenters. The quantitative estimate of drug-likeness (QED) is 0.558. The van der Waals surface area contributed by atoms with E-state index in [1.807, 2.05) is 12.1 Å². The lowest BCUT2D eigenvalue weighted by molar-refractivity contribution is -0.386. The molecule has 156 valence electrons. The van der Waals surface area contributed by atoms with Crippen molar-refractivity contribution in [2.45, 2.75) is 45.7 Å². The highest BCUT2D eigenvalue weighted by atomic mass is 19.3. The van der Waals surface area contributed by atoms with Crippen molar-refractivity contribution in [3.05, 3.63) is 51.3 Å². The molecule has 29 heavy (non-hydrogen) atoms. The van der Waals surface area contributed by atoms with Crippen LogP contribution in [0.15, 0.2) is 24.3 Å². The van der Waals surface area contributed by atoms with Gasteiger partial charge in [0.1, 0.15) is 12.2 Å². The SMILES string of the molecule is Cc1c([N+](=O)[O-])c(C(F)F)nn1CC(=O)Nc1ccc(CN2CCCCC2)cc1. The summed E-state index contributed by atoms with van der Waals surface area (Å²) < 4.78 is 26.9. The highest BCUT2D eigenvalue weighted by molar-refractivity contribution is 5.90. The van der Waals surface area contributed by atoms with Gasteiger partial charge in [0, 0.05) is 12.2 Å². The lowest BCUT2D eigenvalue weighted by atomic mass is 10.1. The molecule has 8 nitrogen and oxygen atoms in total. The number of hydrogen-bond donors (Lipinski definition) is 1. The molecule has 0 aliphatic carbocycles. The van der Waals surface area contributed by atoms with Crippen molar-refractivity contribution in [1.82, 2.24) is 14.7 Å². The largest absolute Gasteiger partial charge is 0.324 e. The highest BCUT2D eigenvalue weighted by Gasteiger charge is 2.31. The Balaban J connectivity index is 1.62. The Morgan fingerprint density at radius 3 is 2.45 bits per heavy atom. The summed E-state index contributed by atoms with van der Waals surface area (Å²) >= 11 is 0. The molecule has 1 amide bonds. The van der Waals surface area contributed by atoms with Crippen LogP contribution in [0.25, 0.3) is 0 Å². The number of carbonyl (C=O) groups is 1. The molecule has 0 atom stereocenters. The fraction of sp³-hybridized carbons (Fsp3) is 0.474. The molecule has 1 aliphatic heterocycles. The van der Waals surface area contributed by atoms with E-state index in [-0.39, 0.29) is 5.69 Å². The molecule has 2 heterocycles. The van der Waals surface area contributed by atoms with E-state index in [0.29, 0.717) is 5.69 Å². The van der Waals surface area contributed by atoms with Gasteiger partial charge in [0.25, 0.3) is 6.43 Å². The van der Waals surface area contributed by atoms with Gasteiger partial charge < -0.3 is 5.32 Å². The van der Waals surface area contributed by atoms with Gasteiger partial charge in [-0.3, -0.25) is 24.5 Å². The average molecular weight is 407 g/mol. The third-order valence-electron chi connectivity index (χ3n) is 4.98. The lowest BCUT2D eigenvalue weighted by Crippen LogP contribution is -2.29. The summed E-state index contributed by atoms with van der Waals surface area (Å²) in [7, 11) is 0. The monoisotopic (exact) mass is 407 g/mol. The zero-order valence-electron chi connectivity index (χ0n) is 16.1. The number of halogens is 2. The molecule has 1 saturated heterocycles. The first kappa shape index (κ1) is 20.8. The van der Waals surface area contributed by atoms with E-state index in [2.05, 4.69) is 15.3 Å². The first-order valence-electron chi connectivity index (χ1n) is 9.46. The Morgan fingerprint density at radius 1 is 1.24 bits per heavy atom. The van der Waals surface area contributed by atoms with Crippen molar-refractivity contribution in [3.63, 3.8) is 0 Å². The predicted octanol–water partition coefficient (Wildman–Crippen LogP) is 3.66. The molecule has 0 saturated carbocycles. The first-order chi connectivity index (χ1) is 13.8. The van der Waals surface area contributed by atoms with Crippen molar-refractivity contribution in [2.75, 3.05) is 18.4 Å². The van der Waals surface area contributed by atoms with Gasteiger partial charge >= 0.3 is 5.69 Å². The van der Waals surface area contributed by atoms with Gasteiger partial charge in [0.05, 0.1) is 4.92 Å². The summed E-state index contributed by atoms with van der Waals surface area (Å²) in [4.78, 5) is 24.8. The van der Waals surface area contributed by atoms with Gasteiger partial charge in [-0.2, -0.15) is 5.10 Å². The number of benzene rings is 1. The summed E-state index contributed by atoms with van der Waals surface area (Å²) in [5, 5.41) is 17.2. The summed E-state index contributed by atoms with van der Waals surface area (Å²) in [5.74, 6) is -0.505. The van der Waals surface area contributed by atoms with E-state index in [1.165, 1.54) is 26.2 Å². The zero-order chi connectivity index (χ0) is 21.0. The molecular weight excluding hydrogens is 384 g/mol. The Kier molecular flexibility index (Phi) is 6.53. The van der Waals surface area contributed by atoms with Crippen LogP contribution < -0.4 is 5.32 Å². The Hall–Kier alpha value is -2.88. The van der Waals surface area contributed by atoms with Crippen LogP contribution in [0.3, 0.4) is 0 Å². The molecule has 0 radical (unpaired) electrons. The van der Waals surface area contributed by atoms with E-state index in [0.717, 1.165) is 29.9 Å². The summed E-state index contributed by atoms with van der Waals surface area (Å²) in [6.07, 6.45) is 0.615. The third kappa shape index (κ3) is 5.14. The molecule has 0 spiro atoms. The summed E-state index contributed by atoms with van der Waals surface area (Å²) in [6.45, 7) is 3.94. The first-order valence-corrected chi connectivity index (χ1v) is 9.46. The number of aromatic nitrogens is 2. The number of nitrogens with one attached hydrogen (secondary N) is 1. The van der Waals surface area contributed by atoms with Crippen LogP contribution in [0.2, 0.25) is 0 Å². The minimum atomic E-state index is -3.09. The van der Waals surface area contributed by atoms with Gasteiger partial charge in [-0.15, -0.1) is 0 Å². The minimum absolute atomic E-state index is 0.0858. The average Bonchev–Trinajstić information content (AvgIpc) is 3.01. The second-order valence-corrected chi connectivity index (χ2v) is 7.12. The van der Waals surface area contributed by atoms with Crippen molar-refractivity contribution < 1.29 is 18.5 Å². The molecule has 1 N–H and O–H groups in total. The van der Waals surface area contributed by atoms with Crippen LogP contribution in [-0.2, 0) is 17.9 Å². The predicted molar refractivity (Wildman–Crippen MR) is 103 cm³/mol. The number of nitro groups is 1. The van der Waals surface area contributed by atoms with Gasteiger partial charge in [-0.05, 0) is 50.6 Å². The molecule has 1 aromatic heterocycles. The minimum Gasteiger partial charge on any atom is -0.324 e. The molecule has 0 bridgehead atoms. The number of likely N-dealkylation sites (tertiary alicyclic amines) is 1. The van der Waals surface area contributed by atoms with Gasteiger partial charge in [-0.25, -0.2) is 8.78 Å². The van der Waals surface area contributed by atoms with E-state index in [4.69, 9.17) is 0 Å². The van der Waals surface area contributed by atoms with Crippen molar-refractivity contribution in [3.8, 4) is 0 Å². The third-order valence-corrected chi connectivity index (χ3v) is 4.98. The summed E-state index contributed by atoms with van der Waals surface area (Å²) in [5.41, 5.74) is -0.0645. The highest BCUT2D eigenvalue weighted by Crippen LogP contribution is 2.30. The Labute approximate surface area is 166 Å². The zero-order valence-corrected chi connectivity index (χ0v) is 16.1. The number of alkyl halides is 2. The van der Waals surface area contributed by atoms with Crippen LogP contribution in [0.5, 0.6) is 0 Å². The molecule has 1 fully saturated rings. The number of carbonyl (C=O) groups excluding carboxylic acids is 1. The van der Waals surface area contributed by atoms with Gasteiger partial charge in [0.15, 0.2) is 0 Å². The maximum Gasteiger partial charge on any atom is 0.319 e. The number of piperidine rings is 1. The molecule has 2 aromatic rings. The maximum atomic E-state index is 13.0. The van der Waals surface area contributed by atoms with Crippen LogP contribution in [0, 0.1) is 17.0 Å². The number of hydrogen-bond acceptors (Lipinski definition) is 5. The van der Waals surface area contributed by atoms with E-state index < -0.39 is 35.2 Å². The topological polar surface area (TPSA) is 93.3 Å². The number of rotatable bonds is 7. The Morgan fingerprint density at radius 2 is 1.90 bits per heavy atom. The number of anilines is 1. The van der Waals surface area contributed by atoms with Crippen LogP contribution in [-0.4, -0.2) is 38.6 Å².